The Balaban J connectivity index is 1.75. The van der Waals surface area contributed by atoms with E-state index >= 15 is 0 Å². The van der Waals surface area contributed by atoms with Gasteiger partial charge in [0, 0.05) is 18.9 Å². The van der Waals surface area contributed by atoms with E-state index in [-0.39, 0.29) is 10.8 Å². The molecular formula is C19H15ClF3N5OS. The summed E-state index contributed by atoms with van der Waals surface area (Å²) in [6.07, 6.45) is -1.23. The summed E-state index contributed by atoms with van der Waals surface area (Å²) in [5.74, 6) is 1.69. The SMILES string of the molecule is COc1ccc(CNc2nc(-n3ccnc3C)nc3sc(C(F)(F)F)cc23)cc1Cl. The summed E-state index contributed by atoms with van der Waals surface area (Å²) in [6.45, 7) is 2.06. The lowest BCUT2D eigenvalue weighted by atomic mass is 10.2. The zero-order valence-electron chi connectivity index (χ0n) is 15.8. The number of rotatable bonds is 5. The summed E-state index contributed by atoms with van der Waals surface area (Å²) >= 11 is 6.74. The number of alkyl halides is 3. The molecule has 0 aliphatic carbocycles. The van der Waals surface area contributed by atoms with E-state index in [9.17, 15) is 13.2 Å². The normalized spacial score (nSPS) is 11.8. The van der Waals surface area contributed by atoms with Crippen molar-refractivity contribution in [1.82, 2.24) is 19.5 Å². The first-order chi connectivity index (χ1) is 14.3. The quantitative estimate of drug-likeness (QED) is 0.433. The summed E-state index contributed by atoms with van der Waals surface area (Å²) in [5, 5.41) is 3.85. The van der Waals surface area contributed by atoms with E-state index in [2.05, 4.69) is 20.3 Å². The average Bonchev–Trinajstić information content (AvgIpc) is 3.32. The summed E-state index contributed by atoms with van der Waals surface area (Å²) in [7, 11) is 1.52. The Bertz CT molecular complexity index is 1220. The third-order valence-electron chi connectivity index (χ3n) is 4.38. The molecule has 0 fully saturated rings. The van der Waals surface area contributed by atoms with Crippen molar-refractivity contribution in [3.63, 3.8) is 0 Å². The third-order valence-corrected chi connectivity index (χ3v) is 5.75. The van der Waals surface area contributed by atoms with Crippen LogP contribution in [-0.2, 0) is 12.7 Å². The minimum atomic E-state index is -4.46. The highest BCUT2D eigenvalue weighted by Crippen LogP contribution is 2.39. The molecule has 3 heterocycles. The Morgan fingerprint density at radius 3 is 2.67 bits per heavy atom. The molecule has 0 spiro atoms. The predicted molar refractivity (Wildman–Crippen MR) is 110 cm³/mol. The smallest absolute Gasteiger partial charge is 0.425 e. The second kappa shape index (κ2) is 7.77. The van der Waals surface area contributed by atoms with Gasteiger partial charge in [0.15, 0.2) is 0 Å². The standard InChI is InChI=1S/C19H15ClF3N5OS/c1-10-24-5-6-28(10)18-26-16(12-8-15(19(21,22)23)30-17(12)27-18)25-9-11-3-4-14(29-2)13(20)7-11/h3-8H,9H2,1-2H3,(H,25,26,27). The molecule has 4 rings (SSSR count). The fourth-order valence-electron chi connectivity index (χ4n) is 2.89. The van der Waals surface area contributed by atoms with Gasteiger partial charge < -0.3 is 10.1 Å². The number of ether oxygens (including phenoxy) is 1. The first-order valence-electron chi connectivity index (χ1n) is 8.71. The van der Waals surface area contributed by atoms with E-state index in [0.717, 1.165) is 11.6 Å². The second-order valence-corrected chi connectivity index (χ2v) is 7.80. The molecule has 0 radical (unpaired) electrons. The first kappa shape index (κ1) is 20.4. The van der Waals surface area contributed by atoms with Crippen LogP contribution in [0.2, 0.25) is 5.02 Å². The van der Waals surface area contributed by atoms with Crippen molar-refractivity contribution in [2.75, 3.05) is 12.4 Å². The van der Waals surface area contributed by atoms with Crippen LogP contribution in [0.3, 0.4) is 0 Å². The highest BCUT2D eigenvalue weighted by Gasteiger charge is 2.33. The molecule has 156 valence electrons. The van der Waals surface area contributed by atoms with Crippen molar-refractivity contribution < 1.29 is 17.9 Å². The van der Waals surface area contributed by atoms with Gasteiger partial charge in [0.05, 0.1) is 17.5 Å². The molecule has 3 aromatic heterocycles. The number of hydrogen-bond acceptors (Lipinski definition) is 6. The number of fused-ring (bicyclic) bond motifs is 1. The Morgan fingerprint density at radius 2 is 2.03 bits per heavy atom. The minimum absolute atomic E-state index is 0.232. The van der Waals surface area contributed by atoms with Crippen LogP contribution in [0.5, 0.6) is 5.75 Å². The fourth-order valence-corrected chi connectivity index (χ4v) is 4.06. The van der Waals surface area contributed by atoms with Gasteiger partial charge in [-0.3, -0.25) is 4.57 Å². The van der Waals surface area contributed by atoms with E-state index in [1.807, 2.05) is 6.07 Å². The van der Waals surface area contributed by atoms with Gasteiger partial charge in [-0.2, -0.15) is 18.2 Å². The van der Waals surface area contributed by atoms with Gasteiger partial charge in [-0.1, -0.05) is 17.7 Å². The van der Waals surface area contributed by atoms with Crippen molar-refractivity contribution >= 4 is 39.0 Å². The topological polar surface area (TPSA) is 64.9 Å². The number of methoxy groups -OCH3 is 1. The minimum Gasteiger partial charge on any atom is -0.495 e. The van der Waals surface area contributed by atoms with E-state index < -0.39 is 11.1 Å². The van der Waals surface area contributed by atoms with Gasteiger partial charge in [0.25, 0.3) is 0 Å². The zero-order chi connectivity index (χ0) is 21.5. The molecule has 4 aromatic rings. The number of imidazole rings is 1. The average molecular weight is 454 g/mol. The van der Waals surface area contributed by atoms with Gasteiger partial charge in [0.2, 0.25) is 5.95 Å². The maximum absolute atomic E-state index is 13.3. The fraction of sp³-hybridized carbons (Fsp3) is 0.211. The highest BCUT2D eigenvalue weighted by atomic mass is 35.5. The summed E-state index contributed by atoms with van der Waals surface area (Å²) in [4.78, 5) is 12.4. The van der Waals surface area contributed by atoms with Gasteiger partial charge in [-0.05, 0) is 30.7 Å². The lowest BCUT2D eigenvalue weighted by molar-refractivity contribution is -0.134. The second-order valence-electron chi connectivity index (χ2n) is 6.37. The summed E-state index contributed by atoms with van der Waals surface area (Å²) < 4.78 is 46.5. The van der Waals surface area contributed by atoms with Crippen molar-refractivity contribution in [3.05, 3.63) is 57.9 Å². The van der Waals surface area contributed by atoms with Gasteiger partial charge in [-0.25, -0.2) is 9.97 Å². The van der Waals surface area contributed by atoms with E-state index in [4.69, 9.17) is 16.3 Å². The van der Waals surface area contributed by atoms with Gasteiger partial charge >= 0.3 is 6.18 Å². The van der Waals surface area contributed by atoms with Crippen LogP contribution in [0.15, 0.2) is 36.7 Å². The van der Waals surface area contributed by atoms with Crippen LogP contribution >= 0.6 is 22.9 Å². The van der Waals surface area contributed by atoms with Crippen molar-refractivity contribution in [2.45, 2.75) is 19.6 Å². The van der Waals surface area contributed by atoms with Crippen LogP contribution < -0.4 is 10.1 Å². The molecule has 1 N–H and O–H groups in total. The van der Waals surface area contributed by atoms with Gasteiger partial charge in [-0.15, -0.1) is 11.3 Å². The van der Waals surface area contributed by atoms with E-state index in [0.29, 0.717) is 45.7 Å². The monoisotopic (exact) mass is 453 g/mol. The molecule has 0 aliphatic heterocycles. The Labute approximate surface area is 178 Å². The van der Waals surface area contributed by atoms with Crippen molar-refractivity contribution in [1.29, 1.82) is 0 Å². The maximum atomic E-state index is 13.3. The van der Waals surface area contributed by atoms with Crippen LogP contribution in [-0.4, -0.2) is 26.6 Å². The number of halogens is 4. The van der Waals surface area contributed by atoms with Crippen LogP contribution in [0.25, 0.3) is 16.2 Å². The number of benzene rings is 1. The number of nitrogens with one attached hydrogen (secondary N) is 1. The highest BCUT2D eigenvalue weighted by molar-refractivity contribution is 7.18. The zero-order valence-corrected chi connectivity index (χ0v) is 17.4. The Kier molecular flexibility index (Phi) is 5.29. The van der Waals surface area contributed by atoms with Crippen molar-refractivity contribution in [2.24, 2.45) is 0 Å². The molecule has 11 heteroatoms. The number of nitrogens with zero attached hydrogens (tertiary/aromatic N) is 4. The molecule has 0 unspecified atom stereocenters. The Morgan fingerprint density at radius 1 is 1.23 bits per heavy atom. The lowest BCUT2D eigenvalue weighted by Gasteiger charge is -2.11. The molecule has 30 heavy (non-hydrogen) atoms. The largest absolute Gasteiger partial charge is 0.495 e. The van der Waals surface area contributed by atoms with Crippen molar-refractivity contribution in [3.8, 4) is 11.7 Å². The molecular weight excluding hydrogens is 439 g/mol. The molecule has 0 saturated carbocycles. The molecule has 0 amide bonds. The lowest BCUT2D eigenvalue weighted by Crippen LogP contribution is -2.07. The molecule has 1 aromatic carbocycles. The number of anilines is 1. The first-order valence-corrected chi connectivity index (χ1v) is 9.91. The number of aromatic nitrogens is 4. The molecule has 0 atom stereocenters. The third kappa shape index (κ3) is 3.92. The summed E-state index contributed by atoms with van der Waals surface area (Å²) in [5.41, 5.74) is 0.819. The van der Waals surface area contributed by atoms with Crippen LogP contribution in [0, 0.1) is 6.92 Å². The Hall–Kier alpha value is -2.85. The van der Waals surface area contributed by atoms with Crippen LogP contribution in [0.4, 0.5) is 19.0 Å². The van der Waals surface area contributed by atoms with Gasteiger partial charge in [0.1, 0.15) is 27.1 Å². The molecule has 6 nitrogen and oxygen atoms in total. The van der Waals surface area contributed by atoms with Crippen LogP contribution in [0.1, 0.15) is 16.3 Å². The number of hydrogen-bond donors (Lipinski definition) is 1. The molecule has 0 aliphatic rings. The molecule has 0 bridgehead atoms. The maximum Gasteiger partial charge on any atom is 0.425 e. The molecule has 0 saturated heterocycles. The predicted octanol–water partition coefficient (Wildman–Crippen LogP) is 5.48. The number of aryl methyl sites for hydroxylation is 1. The summed E-state index contributed by atoms with van der Waals surface area (Å²) in [6, 6.07) is 6.32. The van der Waals surface area contributed by atoms with E-state index in [1.54, 1.807) is 36.0 Å². The van der Waals surface area contributed by atoms with E-state index in [1.165, 1.54) is 7.11 Å². The number of thiophene rings is 1.